The van der Waals surface area contributed by atoms with Gasteiger partial charge in [-0.15, -0.1) is 0 Å². The molecule has 0 aromatic carbocycles. The fourth-order valence-electron chi connectivity index (χ4n) is 6.00. The van der Waals surface area contributed by atoms with Crippen LogP contribution in [0, 0.1) is 0 Å². The van der Waals surface area contributed by atoms with Crippen LogP contribution < -0.4 is 0 Å². The lowest BCUT2D eigenvalue weighted by Gasteiger charge is -2.17. The second-order valence-electron chi connectivity index (χ2n) is 13.3. The summed E-state index contributed by atoms with van der Waals surface area (Å²) in [7, 11) is -3.15. The minimum Gasteiger partial charge on any atom is -0.396 e. The second kappa shape index (κ2) is 36.6. The number of aliphatic hydroxyl groups excluding tert-OH is 1. The monoisotopic (exact) mass is 631 g/mol. The van der Waals surface area contributed by atoms with Gasteiger partial charge in [0, 0.05) is 0 Å². The predicted molar refractivity (Wildman–Crippen MR) is 191 cm³/mol. The molecule has 5 heteroatoms. The first-order valence-corrected chi connectivity index (χ1v) is 21.4. The Labute approximate surface area is 271 Å². The van der Waals surface area contributed by atoms with Crippen molar-refractivity contribution in [3.05, 3.63) is 0 Å². The van der Waals surface area contributed by atoms with E-state index in [9.17, 15) is 9.67 Å². The van der Waals surface area contributed by atoms with Crippen molar-refractivity contribution in [3.8, 4) is 0 Å². The van der Waals surface area contributed by atoms with E-state index < -0.39 is 7.60 Å². The predicted octanol–water partition coefficient (Wildman–Crippen LogP) is 13.7. The minimum absolute atomic E-state index is 0.116. The highest BCUT2D eigenvalue weighted by Gasteiger charge is 2.23. The van der Waals surface area contributed by atoms with E-state index in [0.29, 0.717) is 13.2 Å². The molecule has 4 nitrogen and oxygen atoms in total. The number of hydrogen-bond acceptors (Lipinski definition) is 4. The van der Waals surface area contributed by atoms with E-state index in [4.69, 9.17) is 9.05 Å². The molecule has 0 saturated heterocycles. The Morgan fingerprint density at radius 1 is 0.372 bits per heavy atom. The fourth-order valence-corrected chi connectivity index (χ4v) is 7.39. The van der Waals surface area contributed by atoms with Gasteiger partial charge in [0.2, 0.25) is 0 Å². The Balaban J connectivity index is 3.48. The van der Waals surface area contributed by atoms with E-state index in [1.807, 2.05) is 0 Å². The molecule has 0 fully saturated rings. The molecule has 0 aliphatic heterocycles. The lowest BCUT2D eigenvalue weighted by atomic mass is 10.0. The van der Waals surface area contributed by atoms with Crippen LogP contribution in [0.2, 0.25) is 0 Å². The maximum Gasteiger partial charge on any atom is 0.332 e. The molecule has 0 aromatic rings. The first-order chi connectivity index (χ1) is 21.2. The summed E-state index contributed by atoms with van der Waals surface area (Å²) in [5.74, 6) is 0. The molecule has 0 heterocycles. The highest BCUT2D eigenvalue weighted by atomic mass is 31.2. The van der Waals surface area contributed by atoms with Crippen molar-refractivity contribution < 1.29 is 18.7 Å². The SMILES string of the molecule is CCCCCCCCCCCCCCCCCCOP(=O)(CCO)OCCCCCCCCCCCCCCCCCC. The van der Waals surface area contributed by atoms with Gasteiger partial charge in [0.05, 0.1) is 26.0 Å². The summed E-state index contributed by atoms with van der Waals surface area (Å²) < 4.78 is 24.3. The molecule has 0 rings (SSSR count). The van der Waals surface area contributed by atoms with Gasteiger partial charge in [-0.3, -0.25) is 4.57 Å². The molecule has 0 unspecified atom stereocenters. The summed E-state index contributed by atoms with van der Waals surface area (Å²) in [6, 6.07) is 0. The molecule has 0 radical (unpaired) electrons. The summed E-state index contributed by atoms with van der Waals surface area (Å²) >= 11 is 0. The molecule has 0 aliphatic rings. The smallest absolute Gasteiger partial charge is 0.332 e. The summed E-state index contributed by atoms with van der Waals surface area (Å²) in [5.41, 5.74) is 0. The van der Waals surface area contributed by atoms with Crippen LogP contribution in [0.3, 0.4) is 0 Å². The van der Waals surface area contributed by atoms with Crippen LogP contribution in [-0.4, -0.2) is 31.1 Å². The largest absolute Gasteiger partial charge is 0.396 e. The Morgan fingerprint density at radius 3 is 0.791 bits per heavy atom. The Hall–Kier alpha value is 0.110. The van der Waals surface area contributed by atoms with Crippen molar-refractivity contribution >= 4 is 7.60 Å². The lowest BCUT2D eigenvalue weighted by Crippen LogP contribution is -2.05. The normalized spacial score (nSPS) is 12.0. The van der Waals surface area contributed by atoms with Crippen LogP contribution in [0.4, 0.5) is 0 Å². The maximum absolute atomic E-state index is 12.9. The molecule has 0 atom stereocenters. The Kier molecular flexibility index (Phi) is 36.7. The zero-order valence-electron chi connectivity index (χ0n) is 29.6. The second-order valence-corrected chi connectivity index (χ2v) is 15.5. The third-order valence-electron chi connectivity index (χ3n) is 8.95. The van der Waals surface area contributed by atoms with Crippen LogP contribution in [0.5, 0.6) is 0 Å². The average Bonchev–Trinajstić information content (AvgIpc) is 3.00. The van der Waals surface area contributed by atoms with Gasteiger partial charge in [-0.25, -0.2) is 0 Å². The number of aliphatic hydroxyl groups is 1. The zero-order valence-corrected chi connectivity index (χ0v) is 30.5. The quantitative estimate of drug-likeness (QED) is 0.0545. The van der Waals surface area contributed by atoms with Gasteiger partial charge in [0.25, 0.3) is 0 Å². The number of hydrogen-bond donors (Lipinski definition) is 1. The average molecular weight is 631 g/mol. The topological polar surface area (TPSA) is 55.8 Å². The highest BCUT2D eigenvalue weighted by molar-refractivity contribution is 7.53. The van der Waals surface area contributed by atoms with E-state index in [1.54, 1.807) is 0 Å². The summed E-state index contributed by atoms with van der Waals surface area (Å²) in [5, 5.41) is 9.36. The van der Waals surface area contributed by atoms with Gasteiger partial charge in [0.15, 0.2) is 0 Å². The number of rotatable bonds is 38. The van der Waals surface area contributed by atoms with Crippen molar-refractivity contribution in [2.75, 3.05) is 26.0 Å². The van der Waals surface area contributed by atoms with Gasteiger partial charge in [-0.05, 0) is 12.8 Å². The van der Waals surface area contributed by atoms with Gasteiger partial charge in [-0.1, -0.05) is 206 Å². The van der Waals surface area contributed by atoms with Crippen molar-refractivity contribution in [2.45, 2.75) is 219 Å². The van der Waals surface area contributed by atoms with E-state index >= 15 is 0 Å². The minimum atomic E-state index is -3.15. The van der Waals surface area contributed by atoms with Crippen molar-refractivity contribution in [2.24, 2.45) is 0 Å². The summed E-state index contributed by atoms with van der Waals surface area (Å²) in [4.78, 5) is 0. The molecule has 260 valence electrons. The van der Waals surface area contributed by atoms with Crippen LogP contribution >= 0.6 is 7.60 Å². The van der Waals surface area contributed by atoms with Crippen molar-refractivity contribution in [1.82, 2.24) is 0 Å². The van der Waals surface area contributed by atoms with Crippen LogP contribution in [0.1, 0.15) is 219 Å². The molecule has 0 aromatic heterocycles. The van der Waals surface area contributed by atoms with Gasteiger partial charge >= 0.3 is 7.60 Å². The third-order valence-corrected chi connectivity index (χ3v) is 10.8. The van der Waals surface area contributed by atoms with Crippen LogP contribution in [0.15, 0.2) is 0 Å². The standard InChI is InChI=1S/C38H79O4P/c1-3-5-7-9-11-13-15-17-19-21-23-25-27-29-31-33-36-41-43(40,38-35-39)42-37-34-32-30-28-26-24-22-20-18-16-14-12-10-8-6-4-2/h39H,3-38H2,1-2H3. The Bertz CT molecular complexity index is 514. The summed E-state index contributed by atoms with van der Waals surface area (Å²) in [6.07, 6.45) is 42.9. The molecule has 0 aliphatic carbocycles. The van der Waals surface area contributed by atoms with Crippen molar-refractivity contribution in [1.29, 1.82) is 0 Å². The van der Waals surface area contributed by atoms with Crippen LogP contribution in [0.25, 0.3) is 0 Å². The van der Waals surface area contributed by atoms with Crippen LogP contribution in [-0.2, 0) is 13.6 Å². The molecule has 0 amide bonds. The summed E-state index contributed by atoms with van der Waals surface area (Å²) in [6.45, 7) is 5.39. The molecule has 0 saturated carbocycles. The lowest BCUT2D eigenvalue weighted by molar-refractivity contribution is 0.190. The zero-order chi connectivity index (χ0) is 31.4. The van der Waals surface area contributed by atoms with Gasteiger partial charge < -0.3 is 14.2 Å². The third kappa shape index (κ3) is 34.8. The van der Waals surface area contributed by atoms with E-state index in [2.05, 4.69) is 13.8 Å². The molecule has 1 N–H and O–H groups in total. The first kappa shape index (κ1) is 43.1. The Morgan fingerprint density at radius 2 is 0.581 bits per heavy atom. The van der Waals surface area contributed by atoms with Gasteiger partial charge in [-0.2, -0.15) is 0 Å². The molecule has 43 heavy (non-hydrogen) atoms. The highest BCUT2D eigenvalue weighted by Crippen LogP contribution is 2.48. The molecular weight excluding hydrogens is 551 g/mol. The molecule has 0 bridgehead atoms. The fraction of sp³-hybridized carbons (Fsp3) is 1.00. The van der Waals surface area contributed by atoms with Crippen molar-refractivity contribution in [3.63, 3.8) is 0 Å². The maximum atomic E-state index is 12.9. The first-order valence-electron chi connectivity index (χ1n) is 19.7. The number of unbranched alkanes of at least 4 members (excludes halogenated alkanes) is 30. The van der Waals surface area contributed by atoms with E-state index in [1.165, 1.54) is 180 Å². The van der Waals surface area contributed by atoms with Gasteiger partial charge in [0.1, 0.15) is 0 Å². The van der Waals surface area contributed by atoms with E-state index in [-0.39, 0.29) is 12.8 Å². The van der Waals surface area contributed by atoms with E-state index in [0.717, 1.165) is 25.7 Å². The molecule has 0 spiro atoms. The molecular formula is C38H79O4P.